The van der Waals surface area contributed by atoms with E-state index >= 15 is 0 Å². The summed E-state index contributed by atoms with van der Waals surface area (Å²) in [5.41, 5.74) is 5.37. The van der Waals surface area contributed by atoms with Crippen LogP contribution in [0.25, 0.3) is 0 Å². The topological polar surface area (TPSA) is 44.8 Å². The van der Waals surface area contributed by atoms with Gasteiger partial charge < -0.3 is 13.6 Å². The first-order valence-electron chi connectivity index (χ1n) is 17.7. The van der Waals surface area contributed by atoms with Gasteiger partial charge in [0.1, 0.15) is 5.75 Å². The van der Waals surface area contributed by atoms with Gasteiger partial charge in [0.05, 0.1) is 12.2 Å². The molecule has 0 amide bonds. The highest BCUT2D eigenvalue weighted by molar-refractivity contribution is 8.14. The molecule has 2 saturated carbocycles. The second-order valence-electron chi connectivity index (χ2n) is 17.4. The van der Waals surface area contributed by atoms with Crippen molar-refractivity contribution in [2.24, 2.45) is 11.3 Å². The highest BCUT2D eigenvalue weighted by atomic mass is 32.2. The molecule has 2 fully saturated rings. The Morgan fingerprint density at radius 3 is 2.23 bits per heavy atom. The van der Waals surface area contributed by atoms with Gasteiger partial charge in [-0.3, -0.25) is 0 Å². The van der Waals surface area contributed by atoms with Gasteiger partial charge in [-0.15, -0.1) is 0 Å². The smallest absolute Gasteiger partial charge is 0.373 e. The molecule has 7 heteroatoms. The van der Waals surface area contributed by atoms with Crippen molar-refractivity contribution < 1.29 is 18.4 Å². The van der Waals surface area contributed by atoms with Crippen LogP contribution in [0.5, 0.6) is 5.75 Å². The summed E-state index contributed by atoms with van der Waals surface area (Å²) in [6.07, 6.45) is 13.5. The lowest BCUT2D eigenvalue weighted by Crippen LogP contribution is -2.49. The van der Waals surface area contributed by atoms with Gasteiger partial charge in [0.15, 0.2) is 16.6 Å². The molecule has 0 spiro atoms. The first kappa shape index (κ1) is 38.2. The Hall–Kier alpha value is -1.65. The second-order valence-corrected chi connectivity index (χ2v) is 28.2. The molecule has 0 radical (unpaired) electrons. The van der Waals surface area contributed by atoms with Crippen LogP contribution in [0, 0.1) is 11.3 Å². The minimum atomic E-state index is -2.01. The second kappa shape index (κ2) is 14.3. The molecular formula is C40H62O4SSi2. The fourth-order valence-electron chi connectivity index (χ4n) is 7.06. The Labute approximate surface area is 293 Å². The number of thioether (sulfide) groups is 1. The molecule has 5 atom stereocenters. The van der Waals surface area contributed by atoms with Crippen molar-refractivity contribution in [2.75, 3.05) is 0 Å². The van der Waals surface area contributed by atoms with Crippen molar-refractivity contribution in [1.29, 1.82) is 0 Å². The number of rotatable bonds is 8. The predicted octanol–water partition coefficient (Wildman–Crippen LogP) is 12.4. The fraction of sp³-hybridized carbons (Fsp3) is 0.625. The van der Waals surface area contributed by atoms with Gasteiger partial charge in [0.2, 0.25) is 0 Å². The lowest BCUT2D eigenvalue weighted by molar-refractivity contribution is 0.0969. The first-order valence-corrected chi connectivity index (χ1v) is 24.4. The Bertz CT molecular complexity index is 1400. The van der Waals surface area contributed by atoms with Crippen LogP contribution in [-0.2, 0) is 8.85 Å². The molecule has 4 rings (SSSR count). The van der Waals surface area contributed by atoms with Gasteiger partial charge in [-0.2, -0.15) is 0 Å². The standard InChI is InChI=1S/C40H62O4SSi2/c1-28-31(26-33(43-46(10,11)38(3,4)5)27-36(28)44-47(12,13)39(6,7)8)22-21-30-18-17-25-40(9)34(23-24-35(30)40)29(2)45-37(41)42-32-19-15-14-16-20-32/h14-16,19-23,29,33,35-36H,1,17-18,24-27H2,2-13H3/t29-,33+,35-,36-,40+/m0/s1. The van der Waals surface area contributed by atoms with E-state index in [9.17, 15) is 4.79 Å². The van der Waals surface area contributed by atoms with Crippen molar-refractivity contribution in [3.8, 4) is 5.75 Å². The summed E-state index contributed by atoms with van der Waals surface area (Å²) < 4.78 is 19.7. The predicted molar refractivity (Wildman–Crippen MR) is 206 cm³/mol. The molecule has 4 nitrogen and oxygen atoms in total. The zero-order valence-corrected chi connectivity index (χ0v) is 34.2. The van der Waals surface area contributed by atoms with Crippen molar-refractivity contribution in [1.82, 2.24) is 0 Å². The van der Waals surface area contributed by atoms with Gasteiger partial charge in [-0.05, 0) is 122 Å². The number of carbonyl (C=O) groups excluding carboxylic acids is 1. The van der Waals surface area contributed by atoms with Gasteiger partial charge in [0.25, 0.3) is 0 Å². The molecule has 1 aromatic carbocycles. The molecule has 0 saturated heterocycles. The monoisotopic (exact) mass is 694 g/mol. The summed E-state index contributed by atoms with van der Waals surface area (Å²) in [5.74, 6) is 1.04. The van der Waals surface area contributed by atoms with E-state index in [0.717, 1.165) is 44.1 Å². The normalized spacial score (nSPS) is 28.3. The van der Waals surface area contributed by atoms with Gasteiger partial charge >= 0.3 is 5.30 Å². The number of para-hydroxylation sites is 1. The Kier molecular flexibility index (Phi) is 11.6. The molecule has 47 heavy (non-hydrogen) atoms. The summed E-state index contributed by atoms with van der Waals surface area (Å²) in [7, 11) is -3.98. The molecule has 3 aliphatic carbocycles. The third-order valence-electron chi connectivity index (χ3n) is 12.0. The van der Waals surface area contributed by atoms with Crippen LogP contribution in [0.15, 0.2) is 77.4 Å². The molecule has 3 aliphatic rings. The van der Waals surface area contributed by atoms with E-state index in [2.05, 4.69) is 106 Å². The molecule has 0 heterocycles. The maximum Gasteiger partial charge on any atom is 0.373 e. The lowest BCUT2D eigenvalue weighted by atomic mass is 9.64. The number of ether oxygens (including phenoxy) is 1. The van der Waals surface area contributed by atoms with Crippen LogP contribution < -0.4 is 4.74 Å². The van der Waals surface area contributed by atoms with Gasteiger partial charge in [-0.25, -0.2) is 4.79 Å². The van der Waals surface area contributed by atoms with E-state index in [1.165, 1.54) is 28.5 Å². The summed E-state index contributed by atoms with van der Waals surface area (Å²) in [4.78, 5) is 12.8. The van der Waals surface area contributed by atoms with Crippen molar-refractivity contribution in [3.63, 3.8) is 0 Å². The Balaban J connectivity index is 1.55. The third-order valence-corrected chi connectivity index (χ3v) is 21.9. The number of benzene rings is 1. The van der Waals surface area contributed by atoms with E-state index in [-0.39, 0.29) is 38.3 Å². The van der Waals surface area contributed by atoms with Crippen LogP contribution in [-0.4, -0.2) is 39.4 Å². The van der Waals surface area contributed by atoms with E-state index in [1.54, 1.807) is 0 Å². The summed E-state index contributed by atoms with van der Waals surface area (Å²) in [5, 5.41) is 0.0994. The molecule has 0 aliphatic heterocycles. The van der Waals surface area contributed by atoms with Gasteiger partial charge in [-0.1, -0.05) is 103 Å². The molecule has 0 unspecified atom stereocenters. The van der Waals surface area contributed by atoms with E-state index in [0.29, 0.717) is 11.7 Å². The van der Waals surface area contributed by atoms with Crippen molar-refractivity contribution in [2.45, 2.75) is 148 Å². The van der Waals surface area contributed by atoms with Crippen molar-refractivity contribution >= 4 is 33.7 Å². The maximum absolute atomic E-state index is 12.8. The number of hydrogen-bond donors (Lipinski definition) is 0. The Morgan fingerprint density at radius 1 is 1.00 bits per heavy atom. The molecule has 0 aromatic heterocycles. The number of carbonyl (C=O) groups is 1. The van der Waals surface area contributed by atoms with Crippen LogP contribution in [0.3, 0.4) is 0 Å². The Morgan fingerprint density at radius 2 is 1.62 bits per heavy atom. The molecular weight excluding hydrogens is 633 g/mol. The van der Waals surface area contributed by atoms with Crippen LogP contribution in [0.1, 0.15) is 93.9 Å². The molecule has 0 bridgehead atoms. The fourth-order valence-corrected chi connectivity index (χ4v) is 10.7. The third kappa shape index (κ3) is 8.75. The minimum Gasteiger partial charge on any atom is -0.418 e. The summed E-state index contributed by atoms with van der Waals surface area (Å²) in [6, 6.07) is 9.35. The molecule has 260 valence electrons. The van der Waals surface area contributed by atoms with Crippen LogP contribution in [0.4, 0.5) is 4.79 Å². The number of allylic oxidation sites excluding steroid dienone is 4. The largest absolute Gasteiger partial charge is 0.418 e. The highest BCUT2D eigenvalue weighted by Crippen LogP contribution is 2.57. The molecule has 1 aromatic rings. The van der Waals surface area contributed by atoms with Crippen molar-refractivity contribution in [3.05, 3.63) is 77.4 Å². The average Bonchev–Trinajstić information content (AvgIpc) is 3.30. The van der Waals surface area contributed by atoms with E-state index < -0.39 is 16.6 Å². The number of fused-ring (bicyclic) bond motifs is 1. The lowest BCUT2D eigenvalue weighted by Gasteiger charge is -2.45. The first-order chi connectivity index (χ1) is 21.6. The number of hydrogen-bond acceptors (Lipinski definition) is 5. The maximum atomic E-state index is 12.8. The summed E-state index contributed by atoms with van der Waals surface area (Å²) >= 11 is 1.30. The van der Waals surface area contributed by atoms with E-state index in [4.69, 9.17) is 13.6 Å². The zero-order valence-electron chi connectivity index (χ0n) is 31.4. The highest BCUT2D eigenvalue weighted by Gasteiger charge is 2.47. The van der Waals surface area contributed by atoms with Gasteiger partial charge in [0, 0.05) is 11.7 Å². The summed E-state index contributed by atoms with van der Waals surface area (Å²) in [6.45, 7) is 32.5. The van der Waals surface area contributed by atoms with Crippen LogP contribution >= 0.6 is 11.8 Å². The SMILES string of the molecule is C=C1C(=CC=C2CCC[C@]3(C)C([C@H](C)SC(=O)Oc4ccccc4)=CC[C@@H]23)C[C@@H](O[Si](C)(C)C(C)(C)C)C[C@@H]1O[Si](C)(C)C(C)(C)C. The zero-order chi connectivity index (χ0) is 35.0. The average molecular weight is 695 g/mol. The molecule has 0 N–H and O–H groups in total. The minimum absolute atomic E-state index is 0.0195. The quantitative estimate of drug-likeness (QED) is 0.154. The van der Waals surface area contributed by atoms with E-state index in [1.807, 2.05) is 30.3 Å². The van der Waals surface area contributed by atoms with Crippen LogP contribution in [0.2, 0.25) is 36.3 Å².